The second kappa shape index (κ2) is 7.04. The normalized spacial score (nSPS) is 12.6. The fraction of sp³-hybridized carbons (Fsp3) is 0.333. The topological polar surface area (TPSA) is 12.0 Å². The van der Waals surface area contributed by atoms with E-state index in [-0.39, 0.29) is 16.9 Å². The Bertz CT molecular complexity index is 513. The zero-order valence-electron chi connectivity index (χ0n) is 10.8. The molecule has 0 bridgehead atoms. The van der Waals surface area contributed by atoms with E-state index in [0.29, 0.717) is 0 Å². The van der Waals surface area contributed by atoms with Gasteiger partial charge in [0.2, 0.25) is 0 Å². The van der Waals surface area contributed by atoms with E-state index in [1.54, 1.807) is 17.4 Å². The smallest absolute Gasteiger partial charge is 0.142 e. The van der Waals surface area contributed by atoms with Gasteiger partial charge >= 0.3 is 0 Å². The molecule has 0 aliphatic rings. The maximum atomic E-state index is 13.6. The molecule has 0 radical (unpaired) electrons. The Labute approximate surface area is 122 Å². The van der Waals surface area contributed by atoms with Crippen LogP contribution in [0.25, 0.3) is 0 Å². The quantitative estimate of drug-likeness (QED) is 0.806. The van der Waals surface area contributed by atoms with E-state index in [0.717, 1.165) is 24.9 Å². The van der Waals surface area contributed by atoms with Crippen LogP contribution in [0.2, 0.25) is 5.02 Å². The molecule has 1 N–H and O–H groups in total. The van der Waals surface area contributed by atoms with E-state index in [4.69, 9.17) is 11.6 Å². The third-order valence-corrected chi connectivity index (χ3v) is 4.18. The summed E-state index contributed by atoms with van der Waals surface area (Å²) >= 11 is 7.47. The van der Waals surface area contributed by atoms with Gasteiger partial charge in [-0.2, -0.15) is 0 Å². The molecular formula is C15H17ClFNS. The van der Waals surface area contributed by atoms with Crippen molar-refractivity contribution in [1.82, 2.24) is 5.32 Å². The first-order valence-corrected chi connectivity index (χ1v) is 7.67. The van der Waals surface area contributed by atoms with Gasteiger partial charge in [0.15, 0.2) is 0 Å². The Kier molecular flexibility index (Phi) is 5.37. The second-order valence-electron chi connectivity index (χ2n) is 4.46. The summed E-state index contributed by atoms with van der Waals surface area (Å²) in [5.74, 6) is -0.353. The number of nitrogens with one attached hydrogen (secondary N) is 1. The van der Waals surface area contributed by atoms with E-state index in [1.165, 1.54) is 10.9 Å². The van der Waals surface area contributed by atoms with Crippen LogP contribution in [0.1, 0.15) is 29.8 Å². The molecule has 1 atom stereocenters. The third-order valence-electron chi connectivity index (χ3n) is 2.97. The van der Waals surface area contributed by atoms with Gasteiger partial charge < -0.3 is 5.32 Å². The average molecular weight is 298 g/mol. The van der Waals surface area contributed by atoms with E-state index < -0.39 is 0 Å². The Hall–Kier alpha value is -0.900. The zero-order valence-corrected chi connectivity index (χ0v) is 12.4. The van der Waals surface area contributed by atoms with Gasteiger partial charge in [0.05, 0.1) is 5.02 Å². The van der Waals surface area contributed by atoms with Gasteiger partial charge in [0, 0.05) is 17.3 Å². The van der Waals surface area contributed by atoms with E-state index in [9.17, 15) is 4.39 Å². The van der Waals surface area contributed by atoms with Crippen LogP contribution < -0.4 is 5.32 Å². The molecule has 1 nitrogen and oxygen atoms in total. The van der Waals surface area contributed by atoms with Crippen LogP contribution >= 0.6 is 22.9 Å². The highest BCUT2D eigenvalue weighted by Gasteiger charge is 2.14. The SMILES string of the molecule is CCCNC(Cc1cccs1)c1ccc(Cl)c(F)c1. The molecule has 0 aliphatic carbocycles. The van der Waals surface area contributed by atoms with Gasteiger partial charge in [0.1, 0.15) is 5.82 Å². The van der Waals surface area contributed by atoms with Crippen molar-refractivity contribution in [3.63, 3.8) is 0 Å². The lowest BCUT2D eigenvalue weighted by Gasteiger charge is -2.18. The molecule has 0 spiro atoms. The number of hydrogen-bond acceptors (Lipinski definition) is 2. The summed E-state index contributed by atoms with van der Waals surface area (Å²) in [7, 11) is 0. The first-order chi connectivity index (χ1) is 9.20. The number of benzene rings is 1. The highest BCUT2D eigenvalue weighted by molar-refractivity contribution is 7.09. The lowest BCUT2D eigenvalue weighted by Crippen LogP contribution is -2.24. The highest BCUT2D eigenvalue weighted by atomic mass is 35.5. The van der Waals surface area contributed by atoms with Crippen molar-refractivity contribution >= 4 is 22.9 Å². The van der Waals surface area contributed by atoms with Crippen molar-refractivity contribution in [2.75, 3.05) is 6.54 Å². The number of hydrogen-bond donors (Lipinski definition) is 1. The van der Waals surface area contributed by atoms with Crippen LogP contribution in [0.5, 0.6) is 0 Å². The predicted molar refractivity (Wildman–Crippen MR) is 80.5 cm³/mol. The number of thiophene rings is 1. The molecule has 19 heavy (non-hydrogen) atoms. The van der Waals surface area contributed by atoms with Gasteiger partial charge in [-0.25, -0.2) is 4.39 Å². The predicted octanol–water partition coefficient (Wildman–Crippen LogP) is 4.82. The van der Waals surface area contributed by atoms with Crippen LogP contribution in [0.4, 0.5) is 4.39 Å². The summed E-state index contributed by atoms with van der Waals surface area (Å²) in [4.78, 5) is 1.30. The van der Waals surface area contributed by atoms with Crippen molar-refractivity contribution in [3.05, 3.63) is 57.0 Å². The summed E-state index contributed by atoms with van der Waals surface area (Å²) in [6, 6.07) is 9.33. The lowest BCUT2D eigenvalue weighted by atomic mass is 10.0. The van der Waals surface area contributed by atoms with Crippen molar-refractivity contribution in [2.24, 2.45) is 0 Å². The monoisotopic (exact) mass is 297 g/mol. The maximum Gasteiger partial charge on any atom is 0.142 e. The van der Waals surface area contributed by atoms with Gasteiger partial charge in [0.25, 0.3) is 0 Å². The maximum absolute atomic E-state index is 13.6. The largest absolute Gasteiger partial charge is 0.310 e. The van der Waals surface area contributed by atoms with Crippen molar-refractivity contribution in [2.45, 2.75) is 25.8 Å². The Morgan fingerprint density at radius 2 is 2.21 bits per heavy atom. The highest BCUT2D eigenvalue weighted by Crippen LogP contribution is 2.24. The minimum atomic E-state index is -0.353. The molecule has 0 fully saturated rings. The van der Waals surface area contributed by atoms with Gasteiger partial charge in [-0.05, 0) is 42.1 Å². The molecule has 0 saturated carbocycles. The Balaban J connectivity index is 2.18. The molecule has 2 rings (SSSR count). The molecule has 0 amide bonds. The average Bonchev–Trinajstić information content (AvgIpc) is 2.91. The molecule has 1 aromatic carbocycles. The number of rotatable bonds is 6. The molecule has 1 unspecified atom stereocenters. The summed E-state index contributed by atoms with van der Waals surface area (Å²) in [5, 5.41) is 5.71. The molecule has 0 saturated heterocycles. The van der Waals surface area contributed by atoms with Gasteiger partial charge in [-0.15, -0.1) is 11.3 Å². The zero-order chi connectivity index (χ0) is 13.7. The molecule has 2 aromatic rings. The van der Waals surface area contributed by atoms with Crippen molar-refractivity contribution < 1.29 is 4.39 Å². The van der Waals surface area contributed by atoms with E-state index >= 15 is 0 Å². The molecular weight excluding hydrogens is 281 g/mol. The van der Waals surface area contributed by atoms with E-state index in [2.05, 4.69) is 23.7 Å². The standard InChI is InChI=1S/C15H17ClFNS/c1-2-7-18-15(10-12-4-3-8-19-12)11-5-6-13(16)14(17)9-11/h3-6,8-9,15,18H,2,7,10H2,1H3. The van der Waals surface area contributed by atoms with E-state index in [1.807, 2.05) is 12.1 Å². The molecule has 1 aromatic heterocycles. The van der Waals surface area contributed by atoms with Crippen LogP contribution in [-0.2, 0) is 6.42 Å². The van der Waals surface area contributed by atoms with Crippen LogP contribution in [0.3, 0.4) is 0 Å². The Morgan fingerprint density at radius 1 is 1.37 bits per heavy atom. The first-order valence-electron chi connectivity index (χ1n) is 6.41. The van der Waals surface area contributed by atoms with Crippen LogP contribution in [0, 0.1) is 5.82 Å². The summed E-state index contributed by atoms with van der Waals surface area (Å²) in [6.45, 7) is 3.04. The minimum Gasteiger partial charge on any atom is -0.310 e. The fourth-order valence-electron chi connectivity index (χ4n) is 1.99. The van der Waals surface area contributed by atoms with Crippen molar-refractivity contribution in [1.29, 1.82) is 0 Å². The lowest BCUT2D eigenvalue weighted by molar-refractivity contribution is 0.527. The molecule has 4 heteroatoms. The summed E-state index contributed by atoms with van der Waals surface area (Å²) in [6.07, 6.45) is 1.93. The molecule has 0 aliphatic heterocycles. The summed E-state index contributed by atoms with van der Waals surface area (Å²) < 4.78 is 13.6. The minimum absolute atomic E-state index is 0.130. The Morgan fingerprint density at radius 3 is 2.84 bits per heavy atom. The first kappa shape index (κ1) is 14.5. The van der Waals surface area contributed by atoms with Crippen LogP contribution in [-0.4, -0.2) is 6.54 Å². The summed E-state index contributed by atoms with van der Waals surface area (Å²) in [5.41, 5.74) is 0.948. The second-order valence-corrected chi connectivity index (χ2v) is 5.90. The molecule has 1 heterocycles. The van der Waals surface area contributed by atoms with Gasteiger partial charge in [-0.3, -0.25) is 0 Å². The molecule has 102 valence electrons. The third kappa shape index (κ3) is 4.03. The van der Waals surface area contributed by atoms with Crippen LogP contribution in [0.15, 0.2) is 35.7 Å². The number of halogens is 2. The fourth-order valence-corrected chi connectivity index (χ4v) is 2.85. The van der Waals surface area contributed by atoms with Gasteiger partial charge in [-0.1, -0.05) is 30.7 Å². The van der Waals surface area contributed by atoms with Crippen molar-refractivity contribution in [3.8, 4) is 0 Å².